The third-order valence-electron chi connectivity index (χ3n) is 5.62. The van der Waals surface area contributed by atoms with Crippen molar-refractivity contribution < 1.29 is 9.84 Å². The van der Waals surface area contributed by atoms with Gasteiger partial charge in [0, 0.05) is 12.4 Å². The minimum absolute atomic E-state index is 0.298. The van der Waals surface area contributed by atoms with Crippen molar-refractivity contribution in [3.05, 3.63) is 90.4 Å². The van der Waals surface area contributed by atoms with Crippen LogP contribution in [0.15, 0.2) is 84.9 Å². The van der Waals surface area contributed by atoms with Gasteiger partial charge in [-0.1, -0.05) is 88.6 Å². The molecule has 0 saturated heterocycles. The van der Waals surface area contributed by atoms with Crippen molar-refractivity contribution in [1.29, 1.82) is 0 Å². The highest BCUT2D eigenvalue weighted by molar-refractivity contribution is 5.64. The SMILES string of the molecule is CCCCCC(C)(C)C(O)C(=Cc1cccnc1)Oc1ccc(-c2ccccc2)cc1. The largest absolute Gasteiger partial charge is 0.459 e. The van der Waals surface area contributed by atoms with Gasteiger partial charge in [0.05, 0.1) is 0 Å². The Morgan fingerprint density at radius 1 is 0.968 bits per heavy atom. The summed E-state index contributed by atoms with van der Waals surface area (Å²) in [5.74, 6) is 1.25. The molecule has 3 nitrogen and oxygen atoms in total. The highest BCUT2D eigenvalue weighted by atomic mass is 16.5. The quantitative estimate of drug-likeness (QED) is 0.283. The number of hydrogen-bond acceptors (Lipinski definition) is 3. The van der Waals surface area contributed by atoms with E-state index < -0.39 is 6.10 Å². The van der Waals surface area contributed by atoms with Crippen molar-refractivity contribution in [1.82, 2.24) is 4.98 Å². The van der Waals surface area contributed by atoms with Gasteiger partial charge in [-0.25, -0.2) is 0 Å². The second-order valence-electron chi connectivity index (χ2n) is 8.67. The summed E-state index contributed by atoms with van der Waals surface area (Å²) in [6, 6.07) is 22.1. The topological polar surface area (TPSA) is 42.4 Å². The lowest BCUT2D eigenvalue weighted by Crippen LogP contribution is -2.33. The molecule has 1 atom stereocenters. The number of nitrogens with zero attached hydrogens (tertiary/aromatic N) is 1. The third kappa shape index (κ3) is 6.53. The summed E-state index contributed by atoms with van der Waals surface area (Å²) < 4.78 is 6.25. The van der Waals surface area contributed by atoms with Gasteiger partial charge in [0.2, 0.25) is 0 Å². The Kier molecular flexibility index (Phi) is 8.02. The molecule has 1 unspecified atom stereocenters. The minimum atomic E-state index is -0.724. The van der Waals surface area contributed by atoms with Crippen molar-refractivity contribution in [2.24, 2.45) is 5.41 Å². The van der Waals surface area contributed by atoms with Crippen LogP contribution in [0, 0.1) is 5.41 Å². The van der Waals surface area contributed by atoms with E-state index >= 15 is 0 Å². The zero-order valence-electron chi connectivity index (χ0n) is 18.8. The molecular formula is C28H33NO2. The Bertz CT molecular complexity index is 947. The van der Waals surface area contributed by atoms with E-state index in [-0.39, 0.29) is 5.41 Å². The van der Waals surface area contributed by atoms with Crippen LogP contribution in [0.1, 0.15) is 52.0 Å². The Labute approximate surface area is 186 Å². The molecule has 1 aromatic heterocycles. The number of pyridine rings is 1. The van der Waals surface area contributed by atoms with Gasteiger partial charge in [0.1, 0.15) is 17.6 Å². The van der Waals surface area contributed by atoms with E-state index in [9.17, 15) is 5.11 Å². The molecule has 3 rings (SSSR count). The molecule has 0 bridgehead atoms. The highest BCUT2D eigenvalue weighted by Crippen LogP contribution is 2.34. The van der Waals surface area contributed by atoms with E-state index in [1.165, 1.54) is 6.42 Å². The van der Waals surface area contributed by atoms with E-state index in [0.29, 0.717) is 11.5 Å². The summed E-state index contributed by atoms with van der Waals surface area (Å²) in [6.45, 7) is 6.40. The van der Waals surface area contributed by atoms with Crippen LogP contribution in [0.25, 0.3) is 17.2 Å². The number of aliphatic hydroxyl groups is 1. The minimum Gasteiger partial charge on any atom is -0.459 e. The molecule has 0 fully saturated rings. The van der Waals surface area contributed by atoms with Gasteiger partial charge in [0.15, 0.2) is 0 Å². The number of rotatable bonds is 10. The molecule has 0 amide bonds. The van der Waals surface area contributed by atoms with Gasteiger partial charge in [-0.05, 0) is 52.8 Å². The van der Waals surface area contributed by atoms with Crippen molar-refractivity contribution in [3.63, 3.8) is 0 Å². The molecule has 0 radical (unpaired) electrons. The summed E-state index contributed by atoms with van der Waals surface area (Å²) in [6.07, 6.45) is 9.04. The lowest BCUT2D eigenvalue weighted by molar-refractivity contribution is 0.0446. The van der Waals surface area contributed by atoms with Crippen LogP contribution >= 0.6 is 0 Å². The van der Waals surface area contributed by atoms with Crippen LogP contribution in [0.3, 0.4) is 0 Å². The molecule has 0 aliphatic heterocycles. The maximum atomic E-state index is 11.3. The number of unbranched alkanes of at least 4 members (excludes halogenated alkanes) is 2. The van der Waals surface area contributed by atoms with Crippen LogP contribution in [-0.2, 0) is 0 Å². The van der Waals surface area contributed by atoms with E-state index in [4.69, 9.17) is 4.74 Å². The Morgan fingerprint density at radius 2 is 1.68 bits per heavy atom. The second-order valence-corrected chi connectivity index (χ2v) is 8.67. The van der Waals surface area contributed by atoms with E-state index in [0.717, 1.165) is 36.0 Å². The fourth-order valence-electron chi connectivity index (χ4n) is 3.62. The van der Waals surface area contributed by atoms with Crippen LogP contribution in [0.2, 0.25) is 0 Å². The summed E-state index contributed by atoms with van der Waals surface area (Å²) in [7, 11) is 0. The molecule has 1 heterocycles. The van der Waals surface area contributed by atoms with Crippen molar-refractivity contribution in [3.8, 4) is 16.9 Å². The van der Waals surface area contributed by atoms with Gasteiger partial charge in [-0.3, -0.25) is 4.98 Å². The fraction of sp³-hybridized carbons (Fsp3) is 0.321. The number of ether oxygens (including phenoxy) is 1. The molecule has 0 spiro atoms. The summed E-state index contributed by atoms with van der Waals surface area (Å²) in [4.78, 5) is 4.19. The molecule has 0 aliphatic rings. The lowest BCUT2D eigenvalue weighted by atomic mass is 9.80. The highest BCUT2D eigenvalue weighted by Gasteiger charge is 2.32. The van der Waals surface area contributed by atoms with Crippen molar-refractivity contribution in [2.75, 3.05) is 0 Å². The number of benzene rings is 2. The van der Waals surface area contributed by atoms with Crippen molar-refractivity contribution >= 4 is 6.08 Å². The van der Waals surface area contributed by atoms with Gasteiger partial charge in [-0.2, -0.15) is 0 Å². The number of hydrogen-bond donors (Lipinski definition) is 1. The zero-order valence-corrected chi connectivity index (χ0v) is 18.8. The summed E-state index contributed by atoms with van der Waals surface area (Å²) >= 11 is 0. The first kappa shape index (κ1) is 22.8. The number of aromatic nitrogens is 1. The average Bonchev–Trinajstić information content (AvgIpc) is 2.80. The molecular weight excluding hydrogens is 382 g/mol. The first-order chi connectivity index (χ1) is 15.0. The number of aliphatic hydroxyl groups excluding tert-OH is 1. The molecule has 0 aliphatic carbocycles. The average molecular weight is 416 g/mol. The van der Waals surface area contributed by atoms with Gasteiger partial charge in [0.25, 0.3) is 0 Å². The summed E-state index contributed by atoms with van der Waals surface area (Å²) in [5, 5.41) is 11.3. The lowest BCUT2D eigenvalue weighted by Gasteiger charge is -2.32. The second kappa shape index (κ2) is 10.9. The van der Waals surface area contributed by atoms with Gasteiger partial charge < -0.3 is 9.84 Å². The Morgan fingerprint density at radius 3 is 2.32 bits per heavy atom. The van der Waals surface area contributed by atoms with Crippen LogP contribution in [0.5, 0.6) is 5.75 Å². The van der Waals surface area contributed by atoms with E-state index in [2.05, 4.69) is 37.9 Å². The standard InChI is InChI=1S/C28H33NO2/c1-4-5-9-18-28(2,3)27(30)26(20-22-11-10-19-29-21-22)31-25-16-14-24(15-17-25)23-12-7-6-8-13-23/h6-8,10-17,19-21,27,30H,4-5,9,18H2,1-3H3. The zero-order chi connectivity index (χ0) is 22.1. The molecule has 3 heteroatoms. The Balaban J connectivity index is 1.84. The van der Waals surface area contributed by atoms with Gasteiger partial charge >= 0.3 is 0 Å². The molecule has 3 aromatic rings. The maximum absolute atomic E-state index is 11.3. The summed E-state index contributed by atoms with van der Waals surface area (Å²) in [5.41, 5.74) is 2.90. The first-order valence-corrected chi connectivity index (χ1v) is 11.1. The van der Waals surface area contributed by atoms with E-state index in [1.807, 2.05) is 60.7 Å². The molecule has 2 aromatic carbocycles. The van der Waals surface area contributed by atoms with Crippen LogP contribution in [-0.4, -0.2) is 16.2 Å². The van der Waals surface area contributed by atoms with Crippen LogP contribution in [0.4, 0.5) is 0 Å². The van der Waals surface area contributed by atoms with Crippen LogP contribution < -0.4 is 4.74 Å². The molecule has 0 saturated carbocycles. The smallest absolute Gasteiger partial charge is 0.134 e. The monoisotopic (exact) mass is 415 g/mol. The molecule has 162 valence electrons. The third-order valence-corrected chi connectivity index (χ3v) is 5.62. The Hall–Kier alpha value is -2.91. The first-order valence-electron chi connectivity index (χ1n) is 11.1. The fourth-order valence-corrected chi connectivity index (χ4v) is 3.62. The maximum Gasteiger partial charge on any atom is 0.134 e. The van der Waals surface area contributed by atoms with Gasteiger partial charge in [-0.15, -0.1) is 0 Å². The predicted molar refractivity (Wildman–Crippen MR) is 129 cm³/mol. The molecule has 1 N–H and O–H groups in total. The van der Waals surface area contributed by atoms with Crippen molar-refractivity contribution in [2.45, 2.75) is 52.6 Å². The predicted octanol–water partition coefficient (Wildman–Crippen LogP) is 7.14. The van der Waals surface area contributed by atoms with E-state index in [1.54, 1.807) is 12.4 Å². The normalized spacial score (nSPS) is 13.1. The molecule has 31 heavy (non-hydrogen) atoms.